The molecule has 4 heterocycles. The standard InChI is InChI=1S/C31H33FN4O6S/c32-22-5-9-25(10-6-22)42-24-7-3-21(4-8-24)29(38)34-18-28(37)36-20-31(40-13-14-41-31)16-27(36)30(39)33-17-26-15-23(19-43-26)35-11-1-2-12-35/h3-10,15,19,27H,1-2,11-14,16-18,20H2,(H,33,39)(H,34,38)/t27-/m0/s1. The van der Waals surface area contributed by atoms with Gasteiger partial charge in [-0.15, -0.1) is 11.3 Å². The van der Waals surface area contributed by atoms with E-state index in [0.717, 1.165) is 18.0 Å². The highest BCUT2D eigenvalue weighted by atomic mass is 32.1. The fourth-order valence-electron chi connectivity index (χ4n) is 5.61. The second-order valence-electron chi connectivity index (χ2n) is 10.8. The van der Waals surface area contributed by atoms with Crippen molar-refractivity contribution in [3.8, 4) is 11.5 Å². The average molecular weight is 609 g/mol. The number of amides is 3. The molecule has 10 nitrogen and oxygen atoms in total. The molecule has 3 aromatic rings. The minimum atomic E-state index is -1.02. The number of likely N-dealkylation sites (tertiary alicyclic amines) is 1. The maximum absolute atomic E-state index is 13.3. The van der Waals surface area contributed by atoms with Gasteiger partial charge in [-0.05, 0) is 67.4 Å². The van der Waals surface area contributed by atoms with Gasteiger partial charge in [-0.1, -0.05) is 0 Å². The molecule has 226 valence electrons. The average Bonchev–Trinajstić information content (AvgIpc) is 3.84. The lowest BCUT2D eigenvalue weighted by atomic mass is 10.1. The molecule has 1 aromatic heterocycles. The summed E-state index contributed by atoms with van der Waals surface area (Å²) in [4.78, 5) is 44.3. The van der Waals surface area contributed by atoms with Crippen molar-refractivity contribution in [1.29, 1.82) is 0 Å². The van der Waals surface area contributed by atoms with E-state index in [4.69, 9.17) is 14.2 Å². The van der Waals surface area contributed by atoms with Gasteiger partial charge in [0, 0.05) is 41.0 Å². The number of ether oxygens (including phenoxy) is 3. The summed E-state index contributed by atoms with van der Waals surface area (Å²) in [5.41, 5.74) is 1.51. The van der Waals surface area contributed by atoms with Gasteiger partial charge in [0.25, 0.3) is 5.91 Å². The maximum atomic E-state index is 13.3. The fraction of sp³-hybridized carbons (Fsp3) is 0.387. The third-order valence-corrected chi connectivity index (χ3v) is 8.77. The van der Waals surface area contributed by atoms with Crippen molar-refractivity contribution in [3.63, 3.8) is 0 Å². The van der Waals surface area contributed by atoms with Crippen LogP contribution in [0.2, 0.25) is 0 Å². The molecule has 3 aliphatic heterocycles. The molecule has 2 N–H and O–H groups in total. The van der Waals surface area contributed by atoms with Crippen LogP contribution < -0.4 is 20.3 Å². The highest BCUT2D eigenvalue weighted by molar-refractivity contribution is 7.10. The fourth-order valence-corrected chi connectivity index (χ4v) is 6.44. The summed E-state index contributed by atoms with van der Waals surface area (Å²) in [6, 6.07) is 13.3. The molecule has 1 spiro atoms. The summed E-state index contributed by atoms with van der Waals surface area (Å²) in [7, 11) is 0. The first-order valence-corrected chi connectivity index (χ1v) is 15.2. The van der Waals surface area contributed by atoms with Crippen LogP contribution in [0, 0.1) is 5.82 Å². The van der Waals surface area contributed by atoms with Crippen LogP contribution in [0.15, 0.2) is 60.0 Å². The zero-order chi connectivity index (χ0) is 29.8. The molecule has 0 bridgehead atoms. The lowest BCUT2D eigenvalue weighted by Gasteiger charge is -2.24. The SMILES string of the molecule is O=C(NCC(=O)N1CC2(C[C@H]1C(=O)NCc1cc(N3CCCC3)cs1)OCCO2)c1ccc(Oc2ccc(F)cc2)cc1. The Bertz CT molecular complexity index is 1450. The van der Waals surface area contributed by atoms with E-state index >= 15 is 0 Å². The van der Waals surface area contributed by atoms with Crippen LogP contribution >= 0.6 is 11.3 Å². The predicted molar refractivity (Wildman–Crippen MR) is 158 cm³/mol. The van der Waals surface area contributed by atoms with Gasteiger partial charge in [0.2, 0.25) is 11.8 Å². The minimum absolute atomic E-state index is 0.104. The highest BCUT2D eigenvalue weighted by Crippen LogP contribution is 2.35. The van der Waals surface area contributed by atoms with Crippen molar-refractivity contribution in [2.75, 3.05) is 44.3 Å². The van der Waals surface area contributed by atoms with E-state index in [1.165, 1.54) is 47.7 Å². The first-order valence-electron chi connectivity index (χ1n) is 14.4. The zero-order valence-electron chi connectivity index (χ0n) is 23.6. The van der Waals surface area contributed by atoms with Gasteiger partial charge in [-0.25, -0.2) is 4.39 Å². The molecule has 6 rings (SSSR count). The number of benzene rings is 2. The lowest BCUT2D eigenvalue weighted by molar-refractivity contribution is -0.152. The summed E-state index contributed by atoms with van der Waals surface area (Å²) in [6.07, 6.45) is 2.61. The number of anilines is 1. The largest absolute Gasteiger partial charge is 0.457 e. The van der Waals surface area contributed by atoms with Crippen LogP contribution in [0.3, 0.4) is 0 Å². The van der Waals surface area contributed by atoms with E-state index in [-0.39, 0.29) is 31.2 Å². The Labute approximate surface area is 252 Å². The van der Waals surface area contributed by atoms with Crippen LogP contribution in [-0.4, -0.2) is 73.8 Å². The van der Waals surface area contributed by atoms with E-state index in [9.17, 15) is 18.8 Å². The maximum Gasteiger partial charge on any atom is 0.251 e. The minimum Gasteiger partial charge on any atom is -0.457 e. The topological polar surface area (TPSA) is 109 Å². The number of nitrogens with one attached hydrogen (secondary N) is 2. The van der Waals surface area contributed by atoms with Crippen molar-refractivity contribution in [2.45, 2.75) is 37.6 Å². The van der Waals surface area contributed by atoms with Crippen molar-refractivity contribution in [2.24, 2.45) is 0 Å². The van der Waals surface area contributed by atoms with E-state index in [2.05, 4.69) is 27.0 Å². The smallest absolute Gasteiger partial charge is 0.251 e. The molecular formula is C31H33FN4O6S. The third kappa shape index (κ3) is 6.82. The first kappa shape index (κ1) is 29.1. The van der Waals surface area contributed by atoms with Crippen molar-refractivity contribution >= 4 is 34.7 Å². The normalized spacial score (nSPS) is 19.1. The summed E-state index contributed by atoms with van der Waals surface area (Å²) in [5.74, 6) is -1.59. The van der Waals surface area contributed by atoms with Crippen molar-refractivity contribution in [1.82, 2.24) is 15.5 Å². The Morgan fingerprint density at radius 2 is 1.65 bits per heavy atom. The van der Waals surface area contributed by atoms with Gasteiger partial charge < -0.3 is 34.6 Å². The molecule has 3 amide bonds. The first-order chi connectivity index (χ1) is 20.9. The molecule has 0 aliphatic carbocycles. The molecule has 3 saturated heterocycles. The van der Waals surface area contributed by atoms with E-state index in [1.807, 2.05) is 0 Å². The second-order valence-corrected chi connectivity index (χ2v) is 11.8. The number of hydrogen-bond acceptors (Lipinski definition) is 8. The van der Waals surface area contributed by atoms with Crippen LogP contribution in [0.25, 0.3) is 0 Å². The summed E-state index contributed by atoms with van der Waals surface area (Å²) < 4.78 is 30.4. The van der Waals surface area contributed by atoms with Crippen molar-refractivity contribution in [3.05, 3.63) is 76.2 Å². The van der Waals surface area contributed by atoms with Crippen molar-refractivity contribution < 1.29 is 33.0 Å². The number of halogens is 1. The van der Waals surface area contributed by atoms with Gasteiger partial charge in [-0.2, -0.15) is 0 Å². The number of rotatable bonds is 9. The Balaban J connectivity index is 1.04. The van der Waals surface area contributed by atoms with Gasteiger partial charge in [0.1, 0.15) is 23.4 Å². The molecule has 2 aromatic carbocycles. The Morgan fingerprint density at radius 3 is 2.35 bits per heavy atom. The third-order valence-electron chi connectivity index (χ3n) is 7.84. The van der Waals surface area contributed by atoms with E-state index < -0.39 is 23.6 Å². The van der Waals surface area contributed by atoms with E-state index in [0.29, 0.717) is 36.8 Å². The summed E-state index contributed by atoms with van der Waals surface area (Å²) in [6.45, 7) is 3.06. The Morgan fingerprint density at radius 1 is 0.977 bits per heavy atom. The monoisotopic (exact) mass is 608 g/mol. The van der Waals surface area contributed by atoms with Crippen LogP contribution in [-0.2, 0) is 25.6 Å². The molecule has 43 heavy (non-hydrogen) atoms. The molecule has 0 radical (unpaired) electrons. The van der Waals surface area contributed by atoms with E-state index in [1.54, 1.807) is 35.6 Å². The second kappa shape index (κ2) is 12.7. The predicted octanol–water partition coefficient (Wildman–Crippen LogP) is 3.67. The quantitative estimate of drug-likeness (QED) is 0.382. The summed E-state index contributed by atoms with van der Waals surface area (Å²) in [5, 5.41) is 7.74. The Kier molecular flexibility index (Phi) is 8.59. The number of hydrogen-bond donors (Lipinski definition) is 2. The van der Waals surface area contributed by atoms with Gasteiger partial charge in [0.05, 0.1) is 32.8 Å². The molecule has 0 saturated carbocycles. The van der Waals surface area contributed by atoms with Crippen LogP contribution in [0.1, 0.15) is 34.5 Å². The van der Waals surface area contributed by atoms with Crippen LogP contribution in [0.4, 0.5) is 10.1 Å². The number of nitrogens with zero attached hydrogens (tertiary/aromatic N) is 2. The van der Waals surface area contributed by atoms with Crippen LogP contribution in [0.5, 0.6) is 11.5 Å². The molecule has 3 aliphatic rings. The summed E-state index contributed by atoms with van der Waals surface area (Å²) >= 11 is 1.60. The van der Waals surface area contributed by atoms with Gasteiger partial charge in [-0.3, -0.25) is 14.4 Å². The lowest BCUT2D eigenvalue weighted by Crippen LogP contribution is -2.49. The number of thiophene rings is 1. The molecule has 1 atom stereocenters. The highest BCUT2D eigenvalue weighted by Gasteiger charge is 2.52. The Hall–Kier alpha value is -4.00. The number of carbonyl (C=O) groups excluding carboxylic acids is 3. The molecule has 12 heteroatoms. The number of carbonyl (C=O) groups is 3. The van der Waals surface area contributed by atoms with Gasteiger partial charge in [0.15, 0.2) is 5.79 Å². The zero-order valence-corrected chi connectivity index (χ0v) is 24.4. The molecular weight excluding hydrogens is 575 g/mol. The van der Waals surface area contributed by atoms with Gasteiger partial charge >= 0.3 is 0 Å². The molecule has 0 unspecified atom stereocenters. The molecule has 3 fully saturated rings.